The Morgan fingerprint density at radius 1 is 1.08 bits per heavy atom. The van der Waals surface area contributed by atoms with E-state index in [0.29, 0.717) is 12.1 Å². The molecule has 0 radical (unpaired) electrons. The lowest BCUT2D eigenvalue weighted by Gasteiger charge is -2.31. The molecule has 3 rings (SSSR count). The number of carbonyl (C=O) groups is 1. The Labute approximate surface area is 148 Å². The van der Waals surface area contributed by atoms with Crippen LogP contribution in [0.1, 0.15) is 27.9 Å². The molecule has 0 spiro atoms. The number of hydrogen-bond acceptors (Lipinski definition) is 3. The van der Waals surface area contributed by atoms with Gasteiger partial charge in [0.15, 0.2) is 0 Å². The molecule has 132 valence electrons. The monoisotopic (exact) mass is 358 g/mol. The third kappa shape index (κ3) is 3.19. The van der Waals surface area contributed by atoms with Crippen LogP contribution in [0.25, 0.3) is 0 Å². The molecule has 2 aromatic rings. The second-order valence-electron chi connectivity index (χ2n) is 6.45. The second-order valence-corrected chi connectivity index (χ2v) is 8.61. The van der Waals surface area contributed by atoms with E-state index in [-0.39, 0.29) is 10.8 Å². The summed E-state index contributed by atoms with van der Waals surface area (Å²) >= 11 is 0. The maximum atomic E-state index is 13.0. The molecule has 0 fully saturated rings. The van der Waals surface area contributed by atoms with Crippen molar-refractivity contribution in [2.24, 2.45) is 0 Å². The number of hydrogen-bond donors (Lipinski definition) is 0. The van der Waals surface area contributed by atoms with Crippen LogP contribution in [0.4, 0.5) is 5.69 Å². The minimum Gasteiger partial charge on any atom is -0.308 e. The van der Waals surface area contributed by atoms with E-state index in [9.17, 15) is 13.2 Å². The number of rotatable bonds is 3. The number of sulfonamides is 1. The molecular weight excluding hydrogens is 336 g/mol. The normalized spacial score (nSPS) is 14.5. The van der Waals surface area contributed by atoms with Gasteiger partial charge >= 0.3 is 0 Å². The lowest BCUT2D eigenvalue weighted by atomic mass is 9.97. The van der Waals surface area contributed by atoms with E-state index in [2.05, 4.69) is 6.07 Å². The molecule has 6 heteroatoms. The molecule has 0 atom stereocenters. The van der Waals surface area contributed by atoms with Crippen LogP contribution in [-0.4, -0.2) is 39.3 Å². The fourth-order valence-corrected chi connectivity index (χ4v) is 4.09. The summed E-state index contributed by atoms with van der Waals surface area (Å²) in [6.45, 7) is 2.69. The van der Waals surface area contributed by atoms with Gasteiger partial charge in [-0.05, 0) is 55.2 Å². The molecule has 0 saturated carbocycles. The highest BCUT2D eigenvalue weighted by atomic mass is 32.2. The predicted molar refractivity (Wildman–Crippen MR) is 98.5 cm³/mol. The minimum absolute atomic E-state index is 0.0935. The summed E-state index contributed by atoms with van der Waals surface area (Å²) in [6, 6.07) is 12.3. The molecule has 2 aromatic carbocycles. The quantitative estimate of drug-likeness (QED) is 0.848. The van der Waals surface area contributed by atoms with Crippen molar-refractivity contribution in [3.05, 3.63) is 59.2 Å². The molecule has 1 amide bonds. The molecule has 0 N–H and O–H groups in total. The maximum absolute atomic E-state index is 13.0. The molecule has 0 saturated heterocycles. The Bertz CT molecular complexity index is 903. The minimum atomic E-state index is -3.49. The van der Waals surface area contributed by atoms with Gasteiger partial charge in [-0.25, -0.2) is 12.7 Å². The van der Waals surface area contributed by atoms with E-state index < -0.39 is 10.0 Å². The Hall–Kier alpha value is -2.18. The smallest absolute Gasteiger partial charge is 0.258 e. The maximum Gasteiger partial charge on any atom is 0.258 e. The van der Waals surface area contributed by atoms with Gasteiger partial charge in [0.2, 0.25) is 10.0 Å². The third-order valence-electron chi connectivity index (χ3n) is 4.54. The van der Waals surface area contributed by atoms with Crippen molar-refractivity contribution < 1.29 is 13.2 Å². The fraction of sp³-hybridized carbons (Fsp3) is 0.316. The first kappa shape index (κ1) is 17.6. The van der Waals surface area contributed by atoms with Crippen molar-refractivity contribution in [3.63, 3.8) is 0 Å². The van der Waals surface area contributed by atoms with Gasteiger partial charge in [0, 0.05) is 26.2 Å². The van der Waals surface area contributed by atoms with Crippen LogP contribution in [-0.2, 0) is 16.4 Å². The number of nitrogens with zero attached hydrogens (tertiary/aromatic N) is 2. The van der Waals surface area contributed by atoms with Crippen LogP contribution in [0.3, 0.4) is 0 Å². The van der Waals surface area contributed by atoms with E-state index in [1.807, 2.05) is 24.0 Å². The third-order valence-corrected chi connectivity index (χ3v) is 6.37. The molecule has 0 aliphatic carbocycles. The molecule has 0 bridgehead atoms. The van der Waals surface area contributed by atoms with Crippen LogP contribution in [0.15, 0.2) is 47.4 Å². The number of anilines is 1. The molecule has 0 aromatic heterocycles. The van der Waals surface area contributed by atoms with E-state index >= 15 is 0 Å². The van der Waals surface area contributed by atoms with Crippen molar-refractivity contribution in [2.45, 2.75) is 24.7 Å². The zero-order valence-corrected chi connectivity index (χ0v) is 15.5. The first-order chi connectivity index (χ1) is 11.8. The average Bonchev–Trinajstić information content (AvgIpc) is 2.61. The van der Waals surface area contributed by atoms with Gasteiger partial charge in [0.05, 0.1) is 10.6 Å². The molecule has 5 nitrogen and oxygen atoms in total. The first-order valence-electron chi connectivity index (χ1n) is 8.25. The van der Waals surface area contributed by atoms with E-state index in [0.717, 1.165) is 28.4 Å². The van der Waals surface area contributed by atoms with Gasteiger partial charge in [-0.3, -0.25) is 4.79 Å². The first-order valence-corrected chi connectivity index (χ1v) is 9.69. The van der Waals surface area contributed by atoms with Crippen LogP contribution >= 0.6 is 0 Å². The number of amides is 1. The van der Waals surface area contributed by atoms with Crippen molar-refractivity contribution in [2.75, 3.05) is 25.5 Å². The summed E-state index contributed by atoms with van der Waals surface area (Å²) in [5, 5.41) is 0. The Morgan fingerprint density at radius 3 is 2.40 bits per heavy atom. The Morgan fingerprint density at radius 2 is 1.76 bits per heavy atom. The summed E-state index contributed by atoms with van der Waals surface area (Å²) in [7, 11) is -0.515. The molecular formula is C19H22N2O3S. The number of fused-ring (bicyclic) bond motifs is 1. The van der Waals surface area contributed by atoms with Gasteiger partial charge in [-0.1, -0.05) is 18.2 Å². The van der Waals surface area contributed by atoms with Crippen LogP contribution < -0.4 is 4.90 Å². The molecule has 1 aliphatic heterocycles. The highest BCUT2D eigenvalue weighted by Crippen LogP contribution is 2.31. The fourth-order valence-electron chi connectivity index (χ4n) is 3.19. The zero-order chi connectivity index (χ0) is 18.2. The van der Waals surface area contributed by atoms with E-state index in [4.69, 9.17) is 0 Å². The van der Waals surface area contributed by atoms with E-state index in [1.54, 1.807) is 12.1 Å². The summed E-state index contributed by atoms with van der Waals surface area (Å²) in [4.78, 5) is 15.0. The lowest BCUT2D eigenvalue weighted by Crippen LogP contribution is -2.36. The second kappa shape index (κ2) is 6.61. The van der Waals surface area contributed by atoms with Crippen molar-refractivity contribution in [1.29, 1.82) is 0 Å². The van der Waals surface area contributed by atoms with Gasteiger partial charge in [-0.15, -0.1) is 0 Å². The Kier molecular flexibility index (Phi) is 4.67. The lowest BCUT2D eigenvalue weighted by molar-refractivity contribution is 0.0985. The highest BCUT2D eigenvalue weighted by molar-refractivity contribution is 7.89. The number of aryl methyl sites for hydroxylation is 2. The van der Waals surface area contributed by atoms with Crippen LogP contribution in [0.5, 0.6) is 0 Å². The van der Waals surface area contributed by atoms with Crippen LogP contribution in [0, 0.1) is 6.92 Å². The molecule has 25 heavy (non-hydrogen) atoms. The molecule has 1 aliphatic rings. The summed E-state index contributed by atoms with van der Waals surface area (Å²) in [5.74, 6) is -0.0935. The zero-order valence-electron chi connectivity index (χ0n) is 14.7. The van der Waals surface area contributed by atoms with Crippen LogP contribution in [0.2, 0.25) is 0 Å². The SMILES string of the molecule is Cc1cccc2c1N(C(=O)c1ccc(S(=O)(=O)N(C)C)cc1)CCC2. The molecule has 1 heterocycles. The number of para-hydroxylation sites is 1. The highest BCUT2D eigenvalue weighted by Gasteiger charge is 2.25. The van der Waals surface area contributed by atoms with Crippen molar-refractivity contribution >= 4 is 21.6 Å². The van der Waals surface area contributed by atoms with Gasteiger partial charge < -0.3 is 4.90 Å². The largest absolute Gasteiger partial charge is 0.308 e. The van der Waals surface area contributed by atoms with Gasteiger partial charge in [0.25, 0.3) is 5.91 Å². The standard InChI is InChI=1S/C19H22N2O3S/c1-14-6-4-7-15-8-5-13-21(18(14)15)19(22)16-9-11-17(12-10-16)25(23,24)20(2)3/h4,6-7,9-12H,5,8,13H2,1-3H3. The van der Waals surface area contributed by atoms with Gasteiger partial charge in [0.1, 0.15) is 0 Å². The Balaban J connectivity index is 1.93. The number of carbonyl (C=O) groups excluding carboxylic acids is 1. The van der Waals surface area contributed by atoms with Gasteiger partial charge in [-0.2, -0.15) is 0 Å². The predicted octanol–water partition coefficient (Wildman–Crippen LogP) is 2.84. The molecule has 0 unspecified atom stereocenters. The summed E-state index contributed by atoms with van der Waals surface area (Å²) < 4.78 is 25.5. The van der Waals surface area contributed by atoms with E-state index in [1.165, 1.54) is 31.8 Å². The summed E-state index contributed by atoms with van der Waals surface area (Å²) in [5.41, 5.74) is 3.75. The summed E-state index contributed by atoms with van der Waals surface area (Å²) in [6.07, 6.45) is 1.90. The number of benzene rings is 2. The van der Waals surface area contributed by atoms with Crippen molar-refractivity contribution in [1.82, 2.24) is 4.31 Å². The topological polar surface area (TPSA) is 57.7 Å². The average molecular weight is 358 g/mol. The van der Waals surface area contributed by atoms with Crippen molar-refractivity contribution in [3.8, 4) is 0 Å².